The second-order valence-electron chi connectivity index (χ2n) is 7.85. The third-order valence-electron chi connectivity index (χ3n) is 5.43. The Morgan fingerprint density at radius 3 is 2.34 bits per heavy atom. The first-order chi connectivity index (χ1) is 14.0. The van der Waals surface area contributed by atoms with Gasteiger partial charge in [-0.25, -0.2) is 0 Å². The molecular weight excluding hydrogens is 384 g/mol. The molecule has 0 saturated heterocycles. The maximum atomic E-state index is 12.2. The van der Waals surface area contributed by atoms with Gasteiger partial charge in [0.25, 0.3) is 0 Å². The van der Waals surface area contributed by atoms with Crippen molar-refractivity contribution in [1.82, 2.24) is 9.88 Å². The molecule has 6 heteroatoms. The monoisotopic (exact) mass is 426 g/mol. The molecule has 0 aliphatic carbocycles. The molecule has 0 aliphatic rings. The van der Waals surface area contributed by atoms with Gasteiger partial charge in [-0.05, 0) is 19.3 Å². The van der Waals surface area contributed by atoms with Gasteiger partial charge in [0.15, 0.2) is 5.88 Å². The number of hydrogen-bond donors (Lipinski definition) is 3. The van der Waals surface area contributed by atoms with Crippen molar-refractivity contribution in [2.24, 2.45) is 5.92 Å². The number of carbonyl (C=O) groups excluding carboxylic acids is 1. The van der Waals surface area contributed by atoms with Gasteiger partial charge in [-0.15, -0.1) is 11.8 Å². The van der Waals surface area contributed by atoms with Gasteiger partial charge >= 0.3 is 0 Å². The highest BCUT2D eigenvalue weighted by molar-refractivity contribution is 7.99. The number of thioether (sulfide) groups is 1. The van der Waals surface area contributed by atoms with Crippen molar-refractivity contribution in [3.63, 3.8) is 0 Å². The highest BCUT2D eigenvalue weighted by Gasteiger charge is 2.16. The minimum Gasteiger partial charge on any atom is -0.494 e. The van der Waals surface area contributed by atoms with Crippen LogP contribution in [-0.2, 0) is 11.3 Å². The summed E-state index contributed by atoms with van der Waals surface area (Å²) in [4.78, 5) is 12.9. The summed E-state index contributed by atoms with van der Waals surface area (Å²) in [6, 6.07) is 1.62. The molecule has 1 rings (SSSR count). The first kappa shape index (κ1) is 25.7. The largest absolute Gasteiger partial charge is 0.494 e. The lowest BCUT2D eigenvalue weighted by molar-refractivity contribution is -0.125. The third kappa shape index (κ3) is 9.83. The molecule has 1 aromatic rings. The van der Waals surface area contributed by atoms with Gasteiger partial charge in [0.05, 0.1) is 4.90 Å². The van der Waals surface area contributed by atoms with Crippen LogP contribution in [0.3, 0.4) is 0 Å². The van der Waals surface area contributed by atoms with E-state index in [4.69, 9.17) is 0 Å². The van der Waals surface area contributed by atoms with Crippen LogP contribution in [0.5, 0.6) is 11.8 Å². The number of aromatic nitrogens is 1. The Bertz CT molecular complexity index is 575. The minimum absolute atomic E-state index is 0.0976. The van der Waals surface area contributed by atoms with E-state index in [2.05, 4.69) is 26.1 Å². The smallest absolute Gasteiger partial charge is 0.223 e. The molecule has 1 aromatic heterocycles. The van der Waals surface area contributed by atoms with Crippen LogP contribution in [0.2, 0.25) is 0 Å². The lowest BCUT2D eigenvalue weighted by Gasteiger charge is -2.14. The summed E-state index contributed by atoms with van der Waals surface area (Å²) < 4.78 is 1.59. The Morgan fingerprint density at radius 1 is 1.03 bits per heavy atom. The average molecular weight is 427 g/mol. The zero-order chi connectivity index (χ0) is 21.5. The van der Waals surface area contributed by atoms with E-state index in [1.807, 2.05) is 0 Å². The maximum absolute atomic E-state index is 12.2. The topological polar surface area (TPSA) is 74.5 Å². The molecule has 0 bridgehead atoms. The van der Waals surface area contributed by atoms with Gasteiger partial charge in [0.2, 0.25) is 11.8 Å². The zero-order valence-electron chi connectivity index (χ0n) is 18.7. The number of rotatable bonds is 17. The van der Waals surface area contributed by atoms with Crippen LogP contribution in [-0.4, -0.2) is 33.0 Å². The molecule has 0 aromatic carbocycles. The Labute approximate surface area is 181 Å². The number of aromatic hydroxyl groups is 2. The average Bonchev–Trinajstić information content (AvgIpc) is 2.98. The fourth-order valence-corrected chi connectivity index (χ4v) is 4.36. The van der Waals surface area contributed by atoms with Crippen molar-refractivity contribution < 1.29 is 15.0 Å². The van der Waals surface area contributed by atoms with E-state index in [-0.39, 0.29) is 23.6 Å². The van der Waals surface area contributed by atoms with E-state index < -0.39 is 0 Å². The number of hydrogen-bond acceptors (Lipinski definition) is 4. The highest BCUT2D eigenvalue weighted by Crippen LogP contribution is 2.35. The summed E-state index contributed by atoms with van der Waals surface area (Å²) in [5.74, 6) is 1.15. The lowest BCUT2D eigenvalue weighted by atomic mass is 9.98. The molecule has 0 radical (unpaired) electrons. The zero-order valence-corrected chi connectivity index (χ0v) is 19.5. The summed E-state index contributed by atoms with van der Waals surface area (Å²) in [6.45, 7) is 7.62. The van der Waals surface area contributed by atoms with Crippen LogP contribution in [0, 0.1) is 5.92 Å². The van der Waals surface area contributed by atoms with Crippen molar-refractivity contribution in [2.45, 2.75) is 103 Å². The summed E-state index contributed by atoms with van der Waals surface area (Å²) >= 11 is 1.47. The molecule has 0 aliphatic heterocycles. The highest BCUT2D eigenvalue weighted by atomic mass is 32.2. The number of carbonyl (C=O) groups is 1. The molecule has 1 atom stereocenters. The molecule has 29 heavy (non-hydrogen) atoms. The van der Waals surface area contributed by atoms with Crippen molar-refractivity contribution in [2.75, 3.05) is 12.3 Å². The van der Waals surface area contributed by atoms with Crippen LogP contribution < -0.4 is 5.32 Å². The summed E-state index contributed by atoms with van der Waals surface area (Å²) in [5, 5.41) is 23.6. The first-order valence-corrected chi connectivity index (χ1v) is 12.6. The van der Waals surface area contributed by atoms with Crippen LogP contribution >= 0.6 is 11.8 Å². The molecule has 1 unspecified atom stereocenters. The molecule has 168 valence electrons. The van der Waals surface area contributed by atoms with E-state index in [1.165, 1.54) is 43.9 Å². The predicted molar refractivity (Wildman–Crippen MR) is 123 cm³/mol. The third-order valence-corrected chi connectivity index (χ3v) is 6.45. The number of nitrogens with one attached hydrogen (secondary N) is 1. The van der Waals surface area contributed by atoms with E-state index >= 15 is 0 Å². The van der Waals surface area contributed by atoms with E-state index in [0.29, 0.717) is 23.7 Å². The van der Waals surface area contributed by atoms with Crippen LogP contribution in [0.4, 0.5) is 0 Å². The molecule has 0 spiro atoms. The van der Waals surface area contributed by atoms with E-state index in [0.717, 1.165) is 38.5 Å². The van der Waals surface area contributed by atoms with Crippen molar-refractivity contribution >= 4 is 17.7 Å². The number of unbranched alkanes of at least 4 members (excludes halogenated alkanes) is 7. The maximum Gasteiger partial charge on any atom is 0.223 e. The van der Waals surface area contributed by atoms with Gasteiger partial charge < -0.3 is 15.5 Å². The summed E-state index contributed by atoms with van der Waals surface area (Å²) in [6.07, 6.45) is 12.4. The molecule has 1 heterocycles. The number of nitrogens with zero attached hydrogens (tertiary/aromatic N) is 1. The fourth-order valence-electron chi connectivity index (χ4n) is 3.51. The van der Waals surface area contributed by atoms with Crippen LogP contribution in [0.25, 0.3) is 0 Å². The van der Waals surface area contributed by atoms with E-state index in [9.17, 15) is 15.0 Å². The summed E-state index contributed by atoms with van der Waals surface area (Å²) in [5.41, 5.74) is 0. The SMILES string of the molecule is CCCCCCCCCn1c(O)cc(SCCNC(=O)C(CC)CCCC)c1O. The minimum atomic E-state index is 0.0976. The van der Waals surface area contributed by atoms with Gasteiger partial charge in [-0.2, -0.15) is 0 Å². The van der Waals surface area contributed by atoms with Crippen molar-refractivity contribution in [1.29, 1.82) is 0 Å². The summed E-state index contributed by atoms with van der Waals surface area (Å²) in [7, 11) is 0. The number of amides is 1. The van der Waals surface area contributed by atoms with Gasteiger partial charge in [-0.1, -0.05) is 72.1 Å². The first-order valence-electron chi connectivity index (χ1n) is 11.6. The second-order valence-corrected chi connectivity index (χ2v) is 8.99. The molecule has 5 nitrogen and oxygen atoms in total. The van der Waals surface area contributed by atoms with Crippen LogP contribution in [0.1, 0.15) is 91.4 Å². The second kappa shape index (κ2) is 15.5. The molecule has 3 N–H and O–H groups in total. The Morgan fingerprint density at radius 2 is 1.69 bits per heavy atom. The molecule has 1 amide bonds. The molecule has 0 fully saturated rings. The standard InChI is InChI=1S/C23H42N2O3S/c1-4-7-9-10-11-12-13-16-25-21(26)18-20(23(25)28)29-17-15-24-22(27)19(6-3)14-8-5-2/h18-19,26,28H,4-17H2,1-3H3,(H,24,27). The van der Waals surface area contributed by atoms with Crippen molar-refractivity contribution in [3.8, 4) is 11.8 Å². The van der Waals surface area contributed by atoms with Gasteiger partial charge in [-0.3, -0.25) is 9.36 Å². The lowest BCUT2D eigenvalue weighted by Crippen LogP contribution is -2.32. The quantitative estimate of drug-likeness (QED) is 0.209. The fraction of sp³-hybridized carbons (Fsp3) is 0.783. The predicted octanol–water partition coefficient (Wildman–Crippen LogP) is 6.07. The van der Waals surface area contributed by atoms with Crippen LogP contribution in [0.15, 0.2) is 11.0 Å². The Kier molecular flexibility index (Phi) is 13.8. The van der Waals surface area contributed by atoms with Crippen molar-refractivity contribution in [3.05, 3.63) is 6.07 Å². The normalized spacial score (nSPS) is 12.2. The van der Waals surface area contributed by atoms with Gasteiger partial charge in [0.1, 0.15) is 0 Å². The van der Waals surface area contributed by atoms with Gasteiger partial charge in [0, 0.05) is 30.8 Å². The molecule has 0 saturated carbocycles. The Balaban J connectivity index is 2.33. The Hall–Kier alpha value is -1.30. The molecular formula is C23H42N2O3S. The van der Waals surface area contributed by atoms with E-state index in [1.54, 1.807) is 10.6 Å².